The van der Waals surface area contributed by atoms with Crippen molar-refractivity contribution in [3.63, 3.8) is 0 Å². The minimum atomic E-state index is -0.396. The molecule has 0 aliphatic carbocycles. The number of rotatable bonds is 5. The minimum Gasteiger partial charge on any atom is -0.445 e. The lowest BCUT2D eigenvalue weighted by atomic mass is 10.0. The number of likely N-dealkylation sites (tertiary alicyclic amines) is 1. The van der Waals surface area contributed by atoms with Crippen molar-refractivity contribution in [3.05, 3.63) is 58.3 Å². The third-order valence-corrected chi connectivity index (χ3v) is 5.16. The van der Waals surface area contributed by atoms with Crippen LogP contribution in [0, 0.1) is 0 Å². The third kappa shape index (κ3) is 5.32. The van der Waals surface area contributed by atoms with E-state index in [1.807, 2.05) is 52.7 Å². The maximum Gasteiger partial charge on any atom is 0.407 e. The Hall–Kier alpha value is -2.34. The number of nitrogens with one attached hydrogen (secondary N) is 1. The largest absolute Gasteiger partial charge is 0.445 e. The van der Waals surface area contributed by atoms with Gasteiger partial charge in [-0.25, -0.2) is 4.79 Å². The van der Waals surface area contributed by atoms with E-state index < -0.39 is 6.09 Å². The predicted molar refractivity (Wildman–Crippen MR) is 97.4 cm³/mol. The number of carbonyl (C=O) groups excluding carboxylic acids is 2. The Kier molecular flexibility index (Phi) is 6.06. The Morgan fingerprint density at radius 1 is 1.12 bits per heavy atom. The Morgan fingerprint density at radius 2 is 1.88 bits per heavy atom. The lowest BCUT2D eigenvalue weighted by molar-refractivity contribution is -0.131. The highest BCUT2D eigenvalue weighted by Gasteiger charge is 2.24. The van der Waals surface area contributed by atoms with Crippen LogP contribution in [0.15, 0.2) is 47.8 Å². The summed E-state index contributed by atoms with van der Waals surface area (Å²) < 4.78 is 5.25. The number of nitrogens with zero attached hydrogens (tertiary/aromatic N) is 1. The van der Waals surface area contributed by atoms with Crippen LogP contribution in [0.25, 0.3) is 0 Å². The Balaban J connectivity index is 1.37. The number of amides is 2. The number of thiophene rings is 1. The van der Waals surface area contributed by atoms with Crippen LogP contribution in [0.5, 0.6) is 0 Å². The van der Waals surface area contributed by atoms with Gasteiger partial charge in [-0.3, -0.25) is 4.79 Å². The van der Waals surface area contributed by atoms with Gasteiger partial charge in [0, 0.05) is 24.0 Å². The van der Waals surface area contributed by atoms with Crippen molar-refractivity contribution in [1.29, 1.82) is 0 Å². The number of hydrogen-bond donors (Lipinski definition) is 1. The van der Waals surface area contributed by atoms with E-state index in [1.165, 1.54) is 0 Å². The Labute approximate surface area is 151 Å². The normalized spacial score (nSPS) is 15.0. The zero-order chi connectivity index (χ0) is 17.5. The molecule has 3 rings (SSSR count). The van der Waals surface area contributed by atoms with Gasteiger partial charge in [-0.1, -0.05) is 36.4 Å². The van der Waals surface area contributed by atoms with Crippen molar-refractivity contribution < 1.29 is 14.3 Å². The average Bonchev–Trinajstić information content (AvgIpc) is 3.14. The summed E-state index contributed by atoms with van der Waals surface area (Å²) in [5.41, 5.74) is 0.964. The fraction of sp³-hybridized carbons (Fsp3) is 0.368. The average molecular weight is 358 g/mol. The molecule has 0 bridgehead atoms. The molecule has 1 aliphatic heterocycles. The van der Waals surface area contributed by atoms with Crippen molar-refractivity contribution in [1.82, 2.24) is 10.2 Å². The molecular formula is C19H22N2O3S. The van der Waals surface area contributed by atoms with Gasteiger partial charge in [0.1, 0.15) is 6.61 Å². The molecule has 0 atom stereocenters. The second kappa shape index (κ2) is 8.67. The maximum absolute atomic E-state index is 12.3. The highest BCUT2D eigenvalue weighted by atomic mass is 32.1. The first-order chi connectivity index (χ1) is 12.2. The molecule has 5 nitrogen and oxygen atoms in total. The smallest absolute Gasteiger partial charge is 0.407 e. The summed E-state index contributed by atoms with van der Waals surface area (Å²) in [5, 5.41) is 4.88. The summed E-state index contributed by atoms with van der Waals surface area (Å²) in [5.74, 6) is 0.160. The predicted octanol–water partition coefficient (Wildman–Crippen LogP) is 3.21. The zero-order valence-corrected chi connectivity index (χ0v) is 14.8. The van der Waals surface area contributed by atoms with Crippen molar-refractivity contribution >= 4 is 23.3 Å². The van der Waals surface area contributed by atoms with Gasteiger partial charge in [0.15, 0.2) is 0 Å². The fourth-order valence-corrected chi connectivity index (χ4v) is 3.57. The first kappa shape index (κ1) is 17.5. The summed E-state index contributed by atoms with van der Waals surface area (Å²) in [6.45, 7) is 1.62. The van der Waals surface area contributed by atoms with Crippen molar-refractivity contribution in [2.45, 2.75) is 31.9 Å². The molecule has 0 unspecified atom stereocenters. The Bertz CT molecular complexity index is 680. The van der Waals surface area contributed by atoms with E-state index in [2.05, 4.69) is 5.32 Å². The van der Waals surface area contributed by atoms with Crippen LogP contribution in [0.3, 0.4) is 0 Å². The van der Waals surface area contributed by atoms with Crippen LogP contribution in [-0.2, 0) is 22.6 Å². The first-order valence-corrected chi connectivity index (χ1v) is 9.36. The SMILES string of the molecule is O=C(NC1CCN(C(=O)Cc2cccs2)CC1)OCc1ccccc1. The lowest BCUT2D eigenvalue weighted by Crippen LogP contribution is -2.47. The van der Waals surface area contributed by atoms with E-state index in [-0.39, 0.29) is 18.6 Å². The lowest BCUT2D eigenvalue weighted by Gasteiger charge is -2.32. The van der Waals surface area contributed by atoms with Crippen LogP contribution in [-0.4, -0.2) is 36.0 Å². The molecule has 0 radical (unpaired) electrons. The molecule has 1 fully saturated rings. The van der Waals surface area contributed by atoms with Gasteiger partial charge < -0.3 is 15.0 Å². The molecule has 1 N–H and O–H groups in total. The molecular weight excluding hydrogens is 336 g/mol. The quantitative estimate of drug-likeness (QED) is 0.893. The van der Waals surface area contributed by atoms with Gasteiger partial charge in [0.25, 0.3) is 0 Å². The number of piperidine rings is 1. The molecule has 6 heteroatoms. The number of hydrogen-bond acceptors (Lipinski definition) is 4. The monoisotopic (exact) mass is 358 g/mol. The van der Waals surface area contributed by atoms with Gasteiger partial charge in [0.2, 0.25) is 5.91 Å². The van der Waals surface area contributed by atoms with Crippen molar-refractivity contribution in [2.24, 2.45) is 0 Å². The fourth-order valence-electron chi connectivity index (χ4n) is 2.88. The third-order valence-electron chi connectivity index (χ3n) is 4.29. The Morgan fingerprint density at radius 3 is 2.56 bits per heavy atom. The number of ether oxygens (including phenoxy) is 1. The molecule has 1 aliphatic rings. The van der Waals surface area contributed by atoms with Gasteiger partial charge in [-0.15, -0.1) is 11.3 Å². The maximum atomic E-state index is 12.3. The molecule has 2 aromatic rings. The first-order valence-electron chi connectivity index (χ1n) is 8.48. The summed E-state index contributed by atoms with van der Waals surface area (Å²) in [6, 6.07) is 13.6. The molecule has 25 heavy (non-hydrogen) atoms. The van der Waals surface area contributed by atoms with E-state index in [1.54, 1.807) is 11.3 Å². The summed E-state index contributed by atoms with van der Waals surface area (Å²) in [7, 11) is 0. The highest BCUT2D eigenvalue weighted by molar-refractivity contribution is 7.10. The summed E-state index contributed by atoms with van der Waals surface area (Å²) in [6.07, 6.45) is 1.59. The van der Waals surface area contributed by atoms with Crippen LogP contribution >= 0.6 is 11.3 Å². The second-order valence-electron chi connectivity index (χ2n) is 6.12. The number of carbonyl (C=O) groups is 2. The van der Waals surface area contributed by atoms with Crippen molar-refractivity contribution in [2.75, 3.05) is 13.1 Å². The topological polar surface area (TPSA) is 58.6 Å². The van der Waals surface area contributed by atoms with E-state index >= 15 is 0 Å². The number of benzene rings is 1. The molecule has 1 saturated heterocycles. The van der Waals surface area contributed by atoms with E-state index in [0.717, 1.165) is 23.3 Å². The zero-order valence-electron chi connectivity index (χ0n) is 14.0. The second-order valence-corrected chi connectivity index (χ2v) is 7.15. The summed E-state index contributed by atoms with van der Waals surface area (Å²) in [4.78, 5) is 27.1. The molecule has 132 valence electrons. The number of alkyl carbamates (subject to hydrolysis) is 1. The molecule has 2 amide bonds. The van der Waals surface area contributed by atoms with Gasteiger partial charge in [-0.05, 0) is 29.9 Å². The minimum absolute atomic E-state index is 0.0639. The van der Waals surface area contributed by atoms with Crippen molar-refractivity contribution in [3.8, 4) is 0 Å². The van der Waals surface area contributed by atoms with E-state index in [9.17, 15) is 9.59 Å². The molecule has 1 aromatic carbocycles. The van der Waals surface area contributed by atoms with Crippen LogP contribution in [0.4, 0.5) is 4.79 Å². The summed E-state index contributed by atoms with van der Waals surface area (Å²) >= 11 is 1.61. The van der Waals surface area contributed by atoms with E-state index in [4.69, 9.17) is 4.74 Å². The molecule has 0 saturated carbocycles. The van der Waals surface area contributed by atoms with Gasteiger partial charge in [-0.2, -0.15) is 0 Å². The van der Waals surface area contributed by atoms with Gasteiger partial charge in [0.05, 0.1) is 6.42 Å². The van der Waals surface area contributed by atoms with Crippen LogP contribution in [0.1, 0.15) is 23.3 Å². The molecule has 0 spiro atoms. The van der Waals surface area contributed by atoms with Crippen LogP contribution < -0.4 is 5.32 Å². The van der Waals surface area contributed by atoms with Gasteiger partial charge >= 0.3 is 6.09 Å². The molecule has 1 aromatic heterocycles. The van der Waals surface area contributed by atoms with E-state index in [0.29, 0.717) is 19.5 Å². The molecule has 2 heterocycles. The highest BCUT2D eigenvalue weighted by Crippen LogP contribution is 2.15. The van der Waals surface area contributed by atoms with Crippen LogP contribution in [0.2, 0.25) is 0 Å². The standard InChI is InChI=1S/C19H22N2O3S/c22-18(13-17-7-4-12-25-17)21-10-8-16(9-11-21)20-19(23)24-14-15-5-2-1-3-6-15/h1-7,12,16H,8-11,13-14H2,(H,20,23).